The molecule has 3 rings (SSSR count). The maximum Gasteiger partial charge on any atom is 0.273 e. The molecule has 7 nitrogen and oxygen atoms in total. The molecule has 0 saturated heterocycles. The SMILES string of the molecule is CC(Cc1ccccc1F)N(C)CCn1cc(C(=O)NCc2ccncc2)nn1. The average molecular weight is 396 g/mol. The number of aromatic nitrogens is 4. The highest BCUT2D eigenvalue weighted by molar-refractivity contribution is 5.91. The third-order valence-corrected chi connectivity index (χ3v) is 4.88. The minimum absolute atomic E-state index is 0.165. The van der Waals surface area contributed by atoms with Crippen LogP contribution in [-0.4, -0.2) is 50.4 Å². The summed E-state index contributed by atoms with van der Waals surface area (Å²) in [4.78, 5) is 18.3. The van der Waals surface area contributed by atoms with Gasteiger partial charge in [0.25, 0.3) is 5.91 Å². The quantitative estimate of drug-likeness (QED) is 0.601. The number of hydrogen-bond donors (Lipinski definition) is 1. The van der Waals surface area contributed by atoms with E-state index in [0.717, 1.165) is 5.56 Å². The second-order valence-corrected chi connectivity index (χ2v) is 7.03. The number of nitrogens with one attached hydrogen (secondary N) is 1. The van der Waals surface area contributed by atoms with Gasteiger partial charge in [0, 0.05) is 31.5 Å². The molecule has 1 amide bonds. The summed E-state index contributed by atoms with van der Waals surface area (Å²) in [5.74, 6) is -0.444. The van der Waals surface area contributed by atoms with Crippen molar-refractivity contribution in [1.29, 1.82) is 0 Å². The van der Waals surface area contributed by atoms with Gasteiger partial charge in [-0.25, -0.2) is 4.39 Å². The molecule has 29 heavy (non-hydrogen) atoms. The fraction of sp³-hybridized carbons (Fsp3) is 0.333. The van der Waals surface area contributed by atoms with E-state index in [2.05, 4.69) is 32.4 Å². The van der Waals surface area contributed by atoms with Crippen LogP contribution in [0.15, 0.2) is 55.0 Å². The molecule has 3 aromatic rings. The maximum absolute atomic E-state index is 13.8. The summed E-state index contributed by atoms with van der Waals surface area (Å²) >= 11 is 0. The lowest BCUT2D eigenvalue weighted by atomic mass is 10.1. The lowest BCUT2D eigenvalue weighted by molar-refractivity contribution is 0.0946. The Bertz CT molecular complexity index is 930. The van der Waals surface area contributed by atoms with Gasteiger partial charge in [-0.3, -0.25) is 14.5 Å². The van der Waals surface area contributed by atoms with Gasteiger partial charge in [-0.15, -0.1) is 5.10 Å². The molecule has 0 spiro atoms. The Morgan fingerprint density at radius 2 is 2.00 bits per heavy atom. The Morgan fingerprint density at radius 3 is 2.76 bits per heavy atom. The van der Waals surface area contributed by atoms with E-state index in [0.29, 0.717) is 31.6 Å². The van der Waals surface area contributed by atoms with Crippen LogP contribution < -0.4 is 5.32 Å². The first-order chi connectivity index (χ1) is 14.0. The average Bonchev–Trinajstić information content (AvgIpc) is 3.22. The molecule has 0 saturated carbocycles. The van der Waals surface area contributed by atoms with Crippen molar-refractivity contribution in [2.75, 3.05) is 13.6 Å². The lowest BCUT2D eigenvalue weighted by Crippen LogP contribution is -2.34. The number of likely N-dealkylation sites (N-methyl/N-ethyl adjacent to an activating group) is 1. The highest BCUT2D eigenvalue weighted by atomic mass is 19.1. The number of hydrogen-bond acceptors (Lipinski definition) is 5. The van der Waals surface area contributed by atoms with Gasteiger partial charge in [-0.05, 0) is 49.7 Å². The molecule has 0 aliphatic carbocycles. The monoisotopic (exact) mass is 396 g/mol. The summed E-state index contributed by atoms with van der Waals surface area (Å²) in [7, 11) is 1.99. The number of benzene rings is 1. The Balaban J connectivity index is 1.47. The molecule has 0 radical (unpaired) electrons. The highest BCUT2D eigenvalue weighted by Crippen LogP contribution is 2.11. The van der Waals surface area contributed by atoms with Crippen LogP contribution in [0.3, 0.4) is 0 Å². The molecule has 0 fully saturated rings. The van der Waals surface area contributed by atoms with Gasteiger partial charge >= 0.3 is 0 Å². The third-order valence-electron chi connectivity index (χ3n) is 4.88. The summed E-state index contributed by atoms with van der Waals surface area (Å²) in [6, 6.07) is 10.7. The number of nitrogens with zero attached hydrogens (tertiary/aromatic N) is 5. The Morgan fingerprint density at radius 1 is 1.24 bits per heavy atom. The second kappa shape index (κ2) is 9.88. The number of pyridine rings is 1. The first-order valence-corrected chi connectivity index (χ1v) is 9.54. The van der Waals surface area contributed by atoms with Gasteiger partial charge in [0.05, 0.1) is 12.7 Å². The van der Waals surface area contributed by atoms with Crippen molar-refractivity contribution in [1.82, 2.24) is 30.2 Å². The van der Waals surface area contributed by atoms with Crippen molar-refractivity contribution < 1.29 is 9.18 Å². The molecule has 152 valence electrons. The van der Waals surface area contributed by atoms with E-state index < -0.39 is 0 Å². The zero-order valence-corrected chi connectivity index (χ0v) is 16.6. The summed E-state index contributed by atoms with van der Waals surface area (Å²) in [5.41, 5.74) is 1.95. The number of amides is 1. The molecule has 1 aromatic carbocycles. The van der Waals surface area contributed by atoms with Crippen LogP contribution in [0.2, 0.25) is 0 Å². The van der Waals surface area contributed by atoms with Crippen molar-refractivity contribution in [3.05, 3.63) is 77.6 Å². The van der Waals surface area contributed by atoms with Crippen LogP contribution >= 0.6 is 0 Å². The fourth-order valence-electron chi connectivity index (χ4n) is 2.90. The van der Waals surface area contributed by atoms with Gasteiger partial charge in [0.2, 0.25) is 0 Å². The molecule has 2 aromatic heterocycles. The van der Waals surface area contributed by atoms with Crippen LogP contribution in [-0.2, 0) is 19.5 Å². The molecule has 2 heterocycles. The van der Waals surface area contributed by atoms with E-state index >= 15 is 0 Å². The molecule has 1 unspecified atom stereocenters. The van der Waals surface area contributed by atoms with Crippen molar-refractivity contribution in [2.45, 2.75) is 32.5 Å². The van der Waals surface area contributed by atoms with Crippen molar-refractivity contribution in [3.63, 3.8) is 0 Å². The van der Waals surface area contributed by atoms with E-state index in [1.54, 1.807) is 29.3 Å². The summed E-state index contributed by atoms with van der Waals surface area (Å²) in [6.07, 6.45) is 5.63. The van der Waals surface area contributed by atoms with E-state index in [4.69, 9.17) is 0 Å². The first-order valence-electron chi connectivity index (χ1n) is 9.54. The highest BCUT2D eigenvalue weighted by Gasteiger charge is 2.14. The van der Waals surface area contributed by atoms with Crippen LogP contribution in [0.5, 0.6) is 0 Å². The number of rotatable bonds is 9. The van der Waals surface area contributed by atoms with Crippen LogP contribution in [0.4, 0.5) is 4.39 Å². The molecular weight excluding hydrogens is 371 g/mol. The van der Waals surface area contributed by atoms with E-state index in [9.17, 15) is 9.18 Å². The number of carbonyl (C=O) groups is 1. The summed E-state index contributed by atoms with van der Waals surface area (Å²) in [5, 5.41) is 10.8. The predicted molar refractivity (Wildman–Crippen MR) is 108 cm³/mol. The zero-order chi connectivity index (χ0) is 20.6. The van der Waals surface area contributed by atoms with Crippen molar-refractivity contribution in [3.8, 4) is 0 Å². The van der Waals surface area contributed by atoms with Gasteiger partial charge < -0.3 is 10.2 Å². The van der Waals surface area contributed by atoms with Crippen LogP contribution in [0.25, 0.3) is 0 Å². The fourth-order valence-corrected chi connectivity index (χ4v) is 2.90. The Kier molecular flexibility index (Phi) is 7.02. The summed E-state index contributed by atoms with van der Waals surface area (Å²) in [6.45, 7) is 3.76. The van der Waals surface area contributed by atoms with E-state index in [1.807, 2.05) is 31.3 Å². The molecular formula is C21H25FN6O. The normalized spacial score (nSPS) is 12.1. The van der Waals surface area contributed by atoms with Gasteiger partial charge in [0.15, 0.2) is 5.69 Å². The Labute approximate surface area is 169 Å². The third kappa shape index (κ3) is 5.92. The Hall–Kier alpha value is -3.13. The smallest absolute Gasteiger partial charge is 0.273 e. The topological polar surface area (TPSA) is 75.9 Å². The lowest BCUT2D eigenvalue weighted by Gasteiger charge is -2.24. The molecule has 0 bridgehead atoms. The van der Waals surface area contributed by atoms with E-state index in [-0.39, 0.29) is 23.5 Å². The van der Waals surface area contributed by atoms with Gasteiger partial charge in [0.1, 0.15) is 5.82 Å². The molecule has 1 N–H and O–H groups in total. The number of carbonyl (C=O) groups excluding carboxylic acids is 1. The summed E-state index contributed by atoms with van der Waals surface area (Å²) < 4.78 is 15.5. The molecule has 0 aliphatic rings. The second-order valence-electron chi connectivity index (χ2n) is 7.03. The minimum atomic E-state index is -0.269. The van der Waals surface area contributed by atoms with Crippen molar-refractivity contribution >= 4 is 5.91 Å². The molecule has 1 atom stereocenters. The van der Waals surface area contributed by atoms with E-state index in [1.165, 1.54) is 6.07 Å². The standard InChI is InChI=1S/C21H25FN6O/c1-16(13-18-5-3-4-6-19(18)22)27(2)11-12-28-15-20(25-26-28)21(29)24-14-17-7-9-23-10-8-17/h3-10,15-16H,11-14H2,1-2H3,(H,24,29). The van der Waals surface area contributed by atoms with Crippen molar-refractivity contribution in [2.24, 2.45) is 0 Å². The van der Waals surface area contributed by atoms with Crippen LogP contribution in [0.1, 0.15) is 28.5 Å². The molecule has 8 heteroatoms. The largest absolute Gasteiger partial charge is 0.347 e. The number of halogens is 1. The predicted octanol–water partition coefficient (Wildman–Crippen LogP) is 2.31. The first kappa shape index (κ1) is 20.6. The molecule has 0 aliphatic heterocycles. The van der Waals surface area contributed by atoms with Gasteiger partial charge in [-0.2, -0.15) is 0 Å². The minimum Gasteiger partial charge on any atom is -0.347 e. The van der Waals surface area contributed by atoms with Crippen LogP contribution in [0, 0.1) is 5.82 Å². The zero-order valence-electron chi connectivity index (χ0n) is 16.6. The van der Waals surface area contributed by atoms with Gasteiger partial charge in [-0.1, -0.05) is 23.4 Å². The maximum atomic E-state index is 13.8.